The van der Waals surface area contributed by atoms with Crippen LogP contribution in [0, 0.1) is 5.92 Å². The normalized spacial score (nSPS) is 12.0. The molecule has 1 heterocycles. The summed E-state index contributed by atoms with van der Waals surface area (Å²) < 4.78 is 34.7. The number of carbonyl (C=O) groups is 2. The number of rotatable bonds is 9. The maximum Gasteiger partial charge on any atom is 0.387 e. The van der Waals surface area contributed by atoms with Crippen LogP contribution in [0.25, 0.3) is 0 Å². The fourth-order valence-corrected chi connectivity index (χ4v) is 3.36. The molecule has 6 nitrogen and oxygen atoms in total. The van der Waals surface area contributed by atoms with Crippen molar-refractivity contribution in [2.45, 2.75) is 33.0 Å². The first-order chi connectivity index (χ1) is 13.7. The summed E-state index contributed by atoms with van der Waals surface area (Å²) in [5.41, 5.74) is 0.587. The Hall–Kier alpha value is -2.68. The molecule has 0 saturated heterocycles. The van der Waals surface area contributed by atoms with E-state index in [2.05, 4.69) is 10.1 Å². The van der Waals surface area contributed by atoms with Crippen LogP contribution >= 0.6 is 11.3 Å². The van der Waals surface area contributed by atoms with E-state index >= 15 is 0 Å². The minimum Gasteiger partial charge on any atom is -0.493 e. The molecule has 1 N–H and O–H groups in total. The van der Waals surface area contributed by atoms with Gasteiger partial charge in [-0.1, -0.05) is 26.0 Å². The van der Waals surface area contributed by atoms with Crippen LogP contribution in [0.5, 0.6) is 11.5 Å². The van der Waals surface area contributed by atoms with Crippen LogP contribution in [0.3, 0.4) is 0 Å². The molecule has 1 atom stereocenters. The highest BCUT2D eigenvalue weighted by atomic mass is 32.1. The number of thiophene rings is 1. The highest BCUT2D eigenvalue weighted by Crippen LogP contribution is 2.30. The summed E-state index contributed by atoms with van der Waals surface area (Å²) in [5, 5.41) is 4.57. The second kappa shape index (κ2) is 10.2. The Morgan fingerprint density at radius 3 is 2.48 bits per heavy atom. The Morgan fingerprint density at radius 2 is 1.93 bits per heavy atom. The summed E-state index contributed by atoms with van der Waals surface area (Å²) in [4.78, 5) is 27.2. The number of alkyl halides is 2. The summed E-state index contributed by atoms with van der Waals surface area (Å²) in [6, 6.07) is 7.31. The summed E-state index contributed by atoms with van der Waals surface area (Å²) in [6.07, 6.45) is 0. The number of methoxy groups -OCH3 is 1. The van der Waals surface area contributed by atoms with E-state index in [4.69, 9.17) is 4.74 Å². The van der Waals surface area contributed by atoms with Gasteiger partial charge in [-0.05, 0) is 35.1 Å². The first kappa shape index (κ1) is 22.6. The zero-order valence-electron chi connectivity index (χ0n) is 16.6. The number of nitrogens with zero attached hydrogens (tertiary/aromatic N) is 1. The molecule has 2 rings (SSSR count). The van der Waals surface area contributed by atoms with Crippen LogP contribution in [0.2, 0.25) is 0 Å². The number of hydrogen-bond donors (Lipinski definition) is 1. The SMILES string of the molecule is COc1ccc(CN(C)C(=O)C(NC(=O)c2cccs2)C(C)C)cc1OC(F)F. The molecule has 0 aliphatic heterocycles. The van der Waals surface area contributed by atoms with Crippen LogP contribution in [0.1, 0.15) is 29.1 Å². The van der Waals surface area contributed by atoms with Gasteiger partial charge in [-0.2, -0.15) is 8.78 Å². The van der Waals surface area contributed by atoms with Crippen molar-refractivity contribution < 1.29 is 27.8 Å². The lowest BCUT2D eigenvalue weighted by Gasteiger charge is -2.27. The summed E-state index contributed by atoms with van der Waals surface area (Å²) in [5.74, 6) is -0.657. The first-order valence-electron chi connectivity index (χ1n) is 8.94. The first-order valence-corrected chi connectivity index (χ1v) is 9.82. The third kappa shape index (κ3) is 6.15. The quantitative estimate of drug-likeness (QED) is 0.663. The molecule has 0 aliphatic carbocycles. The number of halogens is 2. The van der Waals surface area contributed by atoms with Crippen LogP contribution < -0.4 is 14.8 Å². The number of ether oxygens (including phenoxy) is 2. The van der Waals surface area contributed by atoms with Crippen LogP contribution in [0.15, 0.2) is 35.7 Å². The molecular weight excluding hydrogens is 402 g/mol. The Labute approximate surface area is 172 Å². The third-order valence-electron chi connectivity index (χ3n) is 4.20. The van der Waals surface area contributed by atoms with Gasteiger partial charge >= 0.3 is 6.61 Å². The second-order valence-corrected chi connectivity index (χ2v) is 7.68. The summed E-state index contributed by atoms with van der Waals surface area (Å²) in [7, 11) is 2.94. The maximum atomic E-state index is 12.9. The molecule has 0 radical (unpaired) electrons. The number of likely N-dealkylation sites (N-methyl/N-ethyl adjacent to an activating group) is 1. The van der Waals surface area contributed by atoms with E-state index in [9.17, 15) is 18.4 Å². The Kier molecular flexibility index (Phi) is 7.95. The van der Waals surface area contributed by atoms with Gasteiger partial charge in [-0.3, -0.25) is 9.59 Å². The van der Waals surface area contributed by atoms with Gasteiger partial charge < -0.3 is 19.7 Å². The van der Waals surface area contributed by atoms with Gasteiger partial charge in [-0.15, -0.1) is 11.3 Å². The molecule has 0 spiro atoms. The standard InChI is InChI=1S/C20H24F2N2O4S/c1-12(2)17(23-18(25)16-6-5-9-29-16)19(26)24(3)11-13-7-8-14(27-4)15(10-13)28-20(21)22/h5-10,12,17,20H,11H2,1-4H3,(H,23,25). The van der Waals surface area contributed by atoms with Gasteiger partial charge in [0.05, 0.1) is 12.0 Å². The summed E-state index contributed by atoms with van der Waals surface area (Å²) >= 11 is 1.29. The molecule has 0 fully saturated rings. The predicted molar refractivity (Wildman–Crippen MR) is 107 cm³/mol. The van der Waals surface area contributed by atoms with E-state index in [-0.39, 0.29) is 35.8 Å². The van der Waals surface area contributed by atoms with Crippen LogP contribution in [-0.4, -0.2) is 43.5 Å². The number of carbonyl (C=O) groups excluding carboxylic acids is 2. The van der Waals surface area contributed by atoms with E-state index in [1.807, 2.05) is 13.8 Å². The van der Waals surface area contributed by atoms with Gasteiger partial charge in [-0.25, -0.2) is 0 Å². The molecule has 158 valence electrons. The molecular formula is C20H24F2N2O4S. The third-order valence-corrected chi connectivity index (χ3v) is 5.07. The minimum atomic E-state index is -2.99. The average Bonchev–Trinajstić information content (AvgIpc) is 3.19. The van der Waals surface area contributed by atoms with E-state index in [1.165, 1.54) is 35.5 Å². The Balaban J connectivity index is 2.12. The monoisotopic (exact) mass is 426 g/mol. The summed E-state index contributed by atoms with van der Waals surface area (Å²) in [6.45, 7) is 0.844. The minimum absolute atomic E-state index is 0.104. The number of benzene rings is 1. The van der Waals surface area contributed by atoms with Crippen molar-refractivity contribution in [2.75, 3.05) is 14.2 Å². The zero-order chi connectivity index (χ0) is 21.6. The van der Waals surface area contributed by atoms with Crippen molar-refractivity contribution in [2.24, 2.45) is 5.92 Å². The molecule has 0 saturated carbocycles. The number of amides is 2. The number of hydrogen-bond acceptors (Lipinski definition) is 5. The molecule has 0 bridgehead atoms. The van der Waals surface area contributed by atoms with Crippen LogP contribution in [0.4, 0.5) is 8.78 Å². The molecule has 2 aromatic rings. The Morgan fingerprint density at radius 1 is 1.21 bits per heavy atom. The topological polar surface area (TPSA) is 67.9 Å². The fraction of sp³-hybridized carbons (Fsp3) is 0.400. The van der Waals surface area contributed by atoms with E-state index in [0.29, 0.717) is 10.4 Å². The lowest BCUT2D eigenvalue weighted by Crippen LogP contribution is -2.49. The molecule has 29 heavy (non-hydrogen) atoms. The van der Waals surface area contributed by atoms with Crippen molar-refractivity contribution in [3.63, 3.8) is 0 Å². The van der Waals surface area contributed by atoms with Crippen molar-refractivity contribution in [3.8, 4) is 11.5 Å². The van der Waals surface area contributed by atoms with Crippen molar-refractivity contribution >= 4 is 23.2 Å². The van der Waals surface area contributed by atoms with Crippen molar-refractivity contribution in [3.05, 3.63) is 46.2 Å². The molecule has 1 aromatic carbocycles. The fourth-order valence-electron chi connectivity index (χ4n) is 2.73. The smallest absolute Gasteiger partial charge is 0.387 e. The largest absolute Gasteiger partial charge is 0.493 e. The molecule has 0 aliphatic rings. The van der Waals surface area contributed by atoms with E-state index in [0.717, 1.165) is 0 Å². The molecule has 2 amide bonds. The predicted octanol–water partition coefficient (Wildman–Crippen LogP) is 3.77. The van der Waals surface area contributed by atoms with Gasteiger partial charge in [0.15, 0.2) is 11.5 Å². The zero-order valence-corrected chi connectivity index (χ0v) is 17.5. The highest BCUT2D eigenvalue weighted by molar-refractivity contribution is 7.12. The maximum absolute atomic E-state index is 12.9. The van der Waals surface area contributed by atoms with Gasteiger partial charge in [0, 0.05) is 13.6 Å². The van der Waals surface area contributed by atoms with Gasteiger partial charge in [0.1, 0.15) is 6.04 Å². The molecule has 1 aromatic heterocycles. The van der Waals surface area contributed by atoms with E-state index < -0.39 is 12.7 Å². The van der Waals surface area contributed by atoms with Crippen molar-refractivity contribution in [1.82, 2.24) is 10.2 Å². The second-order valence-electron chi connectivity index (χ2n) is 6.73. The molecule has 1 unspecified atom stereocenters. The van der Waals surface area contributed by atoms with Gasteiger partial charge in [0.25, 0.3) is 5.91 Å². The van der Waals surface area contributed by atoms with Gasteiger partial charge in [0.2, 0.25) is 5.91 Å². The number of nitrogens with one attached hydrogen (secondary N) is 1. The lowest BCUT2D eigenvalue weighted by atomic mass is 10.0. The van der Waals surface area contributed by atoms with Crippen molar-refractivity contribution in [1.29, 1.82) is 0 Å². The van der Waals surface area contributed by atoms with Crippen LogP contribution in [-0.2, 0) is 11.3 Å². The molecule has 9 heteroatoms. The lowest BCUT2D eigenvalue weighted by molar-refractivity contribution is -0.133. The Bertz CT molecular complexity index is 828. The average molecular weight is 426 g/mol. The van der Waals surface area contributed by atoms with E-state index in [1.54, 1.807) is 30.6 Å². The highest BCUT2D eigenvalue weighted by Gasteiger charge is 2.28.